The number of nitrogens with one attached hydrogen (secondary N) is 3. The molecule has 33 heavy (non-hydrogen) atoms. The van der Waals surface area contributed by atoms with E-state index in [9.17, 15) is 8.42 Å². The fraction of sp³-hybridized carbons (Fsp3) is 0.261. The maximum atomic E-state index is 12.9. The quantitative estimate of drug-likeness (QED) is 0.399. The van der Waals surface area contributed by atoms with Gasteiger partial charge in [0.15, 0.2) is 15.5 Å². The average Bonchev–Trinajstić information content (AvgIpc) is 3.28. The van der Waals surface area contributed by atoms with Crippen molar-refractivity contribution in [3.8, 4) is 0 Å². The third kappa shape index (κ3) is 4.14. The summed E-state index contributed by atoms with van der Waals surface area (Å²) < 4.78 is 27.3. The first-order valence-electron chi connectivity index (χ1n) is 10.8. The molecule has 0 saturated carbocycles. The van der Waals surface area contributed by atoms with Gasteiger partial charge < -0.3 is 16.0 Å². The van der Waals surface area contributed by atoms with E-state index in [4.69, 9.17) is 0 Å². The van der Waals surface area contributed by atoms with Gasteiger partial charge in [0.25, 0.3) is 0 Å². The molecule has 0 bridgehead atoms. The Hall–Kier alpha value is -3.50. The molecule has 0 radical (unpaired) electrons. The largest absolute Gasteiger partial charge is 0.324 e. The highest BCUT2D eigenvalue weighted by Gasteiger charge is 2.23. The second kappa shape index (κ2) is 8.45. The maximum absolute atomic E-state index is 12.9. The number of aromatic nitrogens is 4. The molecular formula is C23H25N7O2S. The first-order chi connectivity index (χ1) is 15.9. The van der Waals surface area contributed by atoms with Crippen molar-refractivity contribution >= 4 is 38.8 Å². The molecule has 10 heteroatoms. The molecule has 0 fully saturated rings. The van der Waals surface area contributed by atoms with Gasteiger partial charge in [0.2, 0.25) is 11.9 Å². The molecule has 2 aromatic heterocycles. The van der Waals surface area contributed by atoms with Crippen LogP contribution in [-0.4, -0.2) is 39.8 Å². The number of hydrogen-bond donors (Lipinski definition) is 3. The van der Waals surface area contributed by atoms with Gasteiger partial charge in [0.1, 0.15) is 0 Å². The number of anilines is 4. The van der Waals surface area contributed by atoms with Crippen LogP contribution in [0.4, 0.5) is 23.3 Å². The zero-order valence-electron chi connectivity index (χ0n) is 18.4. The van der Waals surface area contributed by atoms with Gasteiger partial charge in [0.05, 0.1) is 22.0 Å². The first kappa shape index (κ1) is 21.4. The summed E-state index contributed by atoms with van der Waals surface area (Å²) in [7, 11) is -3.49. The van der Waals surface area contributed by atoms with Crippen molar-refractivity contribution in [3.63, 3.8) is 0 Å². The number of hydrogen-bond acceptors (Lipinski definition) is 8. The van der Waals surface area contributed by atoms with Gasteiger partial charge in [-0.15, -0.1) is 0 Å². The van der Waals surface area contributed by atoms with Crippen molar-refractivity contribution in [2.75, 3.05) is 17.2 Å². The molecule has 0 atom stereocenters. The Bertz CT molecular complexity index is 1430. The van der Waals surface area contributed by atoms with Crippen molar-refractivity contribution in [1.29, 1.82) is 0 Å². The van der Waals surface area contributed by atoms with Crippen LogP contribution in [0.5, 0.6) is 0 Å². The van der Waals surface area contributed by atoms with Gasteiger partial charge in [-0.2, -0.15) is 19.6 Å². The van der Waals surface area contributed by atoms with Crippen molar-refractivity contribution in [3.05, 3.63) is 65.9 Å². The Morgan fingerprint density at radius 2 is 1.88 bits per heavy atom. The highest BCUT2D eigenvalue weighted by molar-refractivity contribution is 7.92. The van der Waals surface area contributed by atoms with E-state index in [1.54, 1.807) is 54.9 Å². The van der Waals surface area contributed by atoms with Gasteiger partial charge >= 0.3 is 0 Å². The van der Waals surface area contributed by atoms with E-state index < -0.39 is 15.1 Å². The molecule has 2 aromatic carbocycles. The predicted octanol–water partition coefficient (Wildman–Crippen LogP) is 3.44. The third-order valence-corrected chi connectivity index (χ3v) is 7.88. The van der Waals surface area contributed by atoms with Gasteiger partial charge in [0, 0.05) is 18.3 Å². The van der Waals surface area contributed by atoms with E-state index in [-0.39, 0.29) is 4.90 Å². The summed E-state index contributed by atoms with van der Waals surface area (Å²) in [5, 5.41) is 13.6. The molecule has 4 aromatic rings. The number of nitrogens with zero attached hydrogens (tertiary/aromatic N) is 4. The summed E-state index contributed by atoms with van der Waals surface area (Å²) >= 11 is 0. The third-order valence-electron chi connectivity index (χ3n) is 5.67. The minimum Gasteiger partial charge on any atom is -0.324 e. The maximum Gasteiger partial charge on any atom is 0.233 e. The number of fused-ring (bicyclic) bond motifs is 2. The van der Waals surface area contributed by atoms with E-state index in [2.05, 4.69) is 43.1 Å². The SMILES string of the molecule is CC(C)S(=O)(=O)c1ccccc1Nc1nc(Nc2ccc3c(c2)CNCC3)nc2ccnn12. The summed E-state index contributed by atoms with van der Waals surface area (Å²) in [4.78, 5) is 9.37. The Labute approximate surface area is 192 Å². The van der Waals surface area contributed by atoms with Crippen molar-refractivity contribution in [1.82, 2.24) is 24.9 Å². The van der Waals surface area contributed by atoms with E-state index in [0.29, 0.717) is 23.2 Å². The van der Waals surface area contributed by atoms with E-state index in [0.717, 1.165) is 25.2 Å². The lowest BCUT2D eigenvalue weighted by molar-refractivity contribution is 0.587. The minimum absolute atomic E-state index is 0.218. The van der Waals surface area contributed by atoms with Crippen LogP contribution in [0, 0.1) is 0 Å². The van der Waals surface area contributed by atoms with Crippen LogP contribution in [-0.2, 0) is 22.8 Å². The van der Waals surface area contributed by atoms with Crippen molar-refractivity contribution in [2.45, 2.75) is 37.0 Å². The molecular weight excluding hydrogens is 438 g/mol. The molecule has 0 saturated heterocycles. The van der Waals surface area contributed by atoms with E-state index >= 15 is 0 Å². The molecule has 170 valence electrons. The lowest BCUT2D eigenvalue weighted by atomic mass is 10.0. The van der Waals surface area contributed by atoms with Crippen molar-refractivity contribution < 1.29 is 8.42 Å². The molecule has 3 N–H and O–H groups in total. The topological polar surface area (TPSA) is 113 Å². The summed E-state index contributed by atoms with van der Waals surface area (Å²) in [6.45, 7) is 5.16. The molecule has 1 aliphatic heterocycles. The zero-order chi connectivity index (χ0) is 23.0. The molecule has 0 spiro atoms. The number of benzene rings is 2. The normalized spacial score (nSPS) is 13.8. The Morgan fingerprint density at radius 3 is 2.73 bits per heavy atom. The molecule has 0 aliphatic carbocycles. The monoisotopic (exact) mass is 463 g/mol. The first-order valence-corrected chi connectivity index (χ1v) is 12.4. The second-order valence-corrected chi connectivity index (χ2v) is 10.7. The minimum atomic E-state index is -3.49. The number of para-hydroxylation sites is 1. The molecule has 0 unspecified atom stereocenters. The lowest BCUT2D eigenvalue weighted by Crippen LogP contribution is -2.23. The zero-order valence-corrected chi connectivity index (χ0v) is 19.2. The fourth-order valence-electron chi connectivity index (χ4n) is 3.84. The Morgan fingerprint density at radius 1 is 1.03 bits per heavy atom. The summed E-state index contributed by atoms with van der Waals surface area (Å²) in [5.74, 6) is 0.747. The van der Waals surface area contributed by atoms with Gasteiger partial charge in [-0.25, -0.2) is 8.42 Å². The average molecular weight is 464 g/mol. The standard InChI is InChI=1S/C23H25N7O2S/c1-15(2)33(31,32)20-6-4-3-5-19(20)27-23-29-22(28-21-10-12-25-30(21)23)26-18-8-7-16-9-11-24-14-17(16)13-18/h3-8,10,12-13,15,24H,9,11,14H2,1-2H3,(H2,26,27,28,29). The van der Waals surface area contributed by atoms with Crippen LogP contribution in [0.15, 0.2) is 59.6 Å². The van der Waals surface area contributed by atoms with E-state index in [1.165, 1.54) is 11.1 Å². The fourth-order valence-corrected chi connectivity index (χ4v) is 5.04. The van der Waals surface area contributed by atoms with Crippen LogP contribution in [0.25, 0.3) is 5.65 Å². The van der Waals surface area contributed by atoms with Gasteiger partial charge in [-0.05, 0) is 62.2 Å². The second-order valence-electron chi connectivity index (χ2n) is 8.22. The Balaban J connectivity index is 1.51. The lowest BCUT2D eigenvalue weighted by Gasteiger charge is -2.18. The predicted molar refractivity (Wildman–Crippen MR) is 128 cm³/mol. The van der Waals surface area contributed by atoms with E-state index in [1.807, 2.05) is 6.07 Å². The van der Waals surface area contributed by atoms with Gasteiger partial charge in [-0.3, -0.25) is 0 Å². The van der Waals surface area contributed by atoms with Crippen LogP contribution >= 0.6 is 0 Å². The van der Waals surface area contributed by atoms with Crippen LogP contribution < -0.4 is 16.0 Å². The van der Waals surface area contributed by atoms with Crippen LogP contribution in [0.1, 0.15) is 25.0 Å². The highest BCUT2D eigenvalue weighted by atomic mass is 32.2. The van der Waals surface area contributed by atoms with Crippen molar-refractivity contribution in [2.24, 2.45) is 0 Å². The summed E-state index contributed by atoms with van der Waals surface area (Å²) in [6.07, 6.45) is 2.64. The number of sulfone groups is 1. The van der Waals surface area contributed by atoms with Gasteiger partial charge in [-0.1, -0.05) is 18.2 Å². The molecule has 3 heterocycles. The summed E-state index contributed by atoms with van der Waals surface area (Å²) in [6, 6.07) is 14.8. The molecule has 5 rings (SSSR count). The Kier molecular flexibility index (Phi) is 5.47. The summed E-state index contributed by atoms with van der Waals surface area (Å²) in [5.41, 5.74) is 4.50. The number of rotatable bonds is 6. The molecule has 9 nitrogen and oxygen atoms in total. The van der Waals surface area contributed by atoms with Crippen LogP contribution in [0.2, 0.25) is 0 Å². The molecule has 1 aliphatic rings. The smallest absolute Gasteiger partial charge is 0.233 e. The molecule has 0 amide bonds. The van der Waals surface area contributed by atoms with Crippen LogP contribution in [0.3, 0.4) is 0 Å². The highest BCUT2D eigenvalue weighted by Crippen LogP contribution is 2.28.